The summed E-state index contributed by atoms with van der Waals surface area (Å²) in [5.74, 6) is 0. The van der Waals surface area contributed by atoms with Gasteiger partial charge in [-0.25, -0.2) is 0 Å². The third-order valence-electron chi connectivity index (χ3n) is 5.53. The minimum atomic E-state index is 0.385. The van der Waals surface area contributed by atoms with Crippen LogP contribution in [0.3, 0.4) is 0 Å². The molecule has 0 amide bonds. The van der Waals surface area contributed by atoms with E-state index in [0.717, 1.165) is 0 Å². The highest BCUT2D eigenvalue weighted by atomic mass is 15.2. The standard InChI is InChI=1S/C18H30N2/c1-5-18(4)9-11-20(12-10-18)17(13-19)16-8-6-7-14(2)15(16)3/h6-8,17H,5,9-13,19H2,1-4H3. The Kier molecular flexibility index (Phi) is 4.87. The van der Waals surface area contributed by atoms with Gasteiger partial charge in [0.15, 0.2) is 0 Å². The van der Waals surface area contributed by atoms with Crippen LogP contribution in [0.1, 0.15) is 55.8 Å². The summed E-state index contributed by atoms with van der Waals surface area (Å²) < 4.78 is 0. The predicted molar refractivity (Wildman–Crippen MR) is 86.9 cm³/mol. The molecule has 1 aliphatic heterocycles. The SMILES string of the molecule is CCC1(C)CCN(C(CN)c2cccc(C)c2C)CC1. The lowest BCUT2D eigenvalue weighted by molar-refractivity contribution is 0.0826. The van der Waals surface area contributed by atoms with Crippen LogP contribution in [0.2, 0.25) is 0 Å². The zero-order valence-corrected chi connectivity index (χ0v) is 13.6. The molecular formula is C18H30N2. The number of nitrogens with zero attached hydrogens (tertiary/aromatic N) is 1. The van der Waals surface area contributed by atoms with Crippen LogP contribution in [0.25, 0.3) is 0 Å². The van der Waals surface area contributed by atoms with E-state index in [2.05, 4.69) is 50.8 Å². The molecule has 0 saturated carbocycles. The summed E-state index contributed by atoms with van der Waals surface area (Å²) in [6, 6.07) is 7.00. The van der Waals surface area contributed by atoms with Gasteiger partial charge in [-0.3, -0.25) is 4.90 Å². The summed E-state index contributed by atoms with van der Waals surface area (Å²) in [4.78, 5) is 2.60. The average molecular weight is 274 g/mol. The van der Waals surface area contributed by atoms with E-state index in [4.69, 9.17) is 5.73 Å². The van der Waals surface area contributed by atoms with Crippen LogP contribution < -0.4 is 5.73 Å². The van der Waals surface area contributed by atoms with Crippen molar-refractivity contribution in [2.75, 3.05) is 19.6 Å². The maximum atomic E-state index is 6.11. The van der Waals surface area contributed by atoms with Crippen LogP contribution in [0.15, 0.2) is 18.2 Å². The van der Waals surface area contributed by atoms with E-state index < -0.39 is 0 Å². The highest BCUT2D eigenvalue weighted by Crippen LogP contribution is 2.37. The highest BCUT2D eigenvalue weighted by Gasteiger charge is 2.31. The number of aryl methyl sites for hydroxylation is 1. The minimum Gasteiger partial charge on any atom is -0.329 e. The van der Waals surface area contributed by atoms with Crippen molar-refractivity contribution in [3.63, 3.8) is 0 Å². The Morgan fingerprint density at radius 3 is 2.45 bits per heavy atom. The first kappa shape index (κ1) is 15.5. The van der Waals surface area contributed by atoms with Crippen molar-refractivity contribution in [2.24, 2.45) is 11.1 Å². The fraction of sp³-hybridized carbons (Fsp3) is 0.667. The average Bonchev–Trinajstić information content (AvgIpc) is 2.46. The summed E-state index contributed by atoms with van der Waals surface area (Å²) in [5.41, 5.74) is 10.9. The molecule has 112 valence electrons. The fourth-order valence-corrected chi connectivity index (χ4v) is 3.34. The van der Waals surface area contributed by atoms with Crippen molar-refractivity contribution in [1.29, 1.82) is 0 Å². The van der Waals surface area contributed by atoms with Gasteiger partial charge in [0.25, 0.3) is 0 Å². The van der Waals surface area contributed by atoms with Crippen LogP contribution in [-0.4, -0.2) is 24.5 Å². The van der Waals surface area contributed by atoms with Crippen LogP contribution >= 0.6 is 0 Å². The summed E-state index contributed by atoms with van der Waals surface area (Å²) in [5, 5.41) is 0. The van der Waals surface area contributed by atoms with Gasteiger partial charge >= 0.3 is 0 Å². The minimum absolute atomic E-state index is 0.385. The molecule has 0 aliphatic carbocycles. The number of benzene rings is 1. The molecule has 2 N–H and O–H groups in total. The molecule has 1 heterocycles. The van der Waals surface area contributed by atoms with E-state index in [9.17, 15) is 0 Å². The first-order valence-electron chi connectivity index (χ1n) is 8.01. The molecule has 2 rings (SSSR count). The van der Waals surface area contributed by atoms with Crippen molar-refractivity contribution in [2.45, 2.75) is 53.0 Å². The zero-order valence-electron chi connectivity index (χ0n) is 13.6. The third kappa shape index (κ3) is 3.07. The Labute approximate surface area is 124 Å². The van der Waals surface area contributed by atoms with Gasteiger partial charge in [0.1, 0.15) is 0 Å². The van der Waals surface area contributed by atoms with E-state index in [-0.39, 0.29) is 0 Å². The lowest BCUT2D eigenvalue weighted by Gasteiger charge is -2.42. The molecule has 0 radical (unpaired) electrons. The molecule has 20 heavy (non-hydrogen) atoms. The molecule has 0 aromatic heterocycles. The predicted octanol–water partition coefficient (Wildman–Crippen LogP) is 3.82. The van der Waals surface area contributed by atoms with E-state index in [1.54, 1.807) is 0 Å². The van der Waals surface area contributed by atoms with E-state index in [0.29, 0.717) is 18.0 Å². The number of hydrogen-bond donors (Lipinski definition) is 1. The summed E-state index contributed by atoms with van der Waals surface area (Å²) >= 11 is 0. The molecule has 0 spiro atoms. The van der Waals surface area contributed by atoms with Crippen molar-refractivity contribution in [3.8, 4) is 0 Å². The summed E-state index contributed by atoms with van der Waals surface area (Å²) in [7, 11) is 0. The van der Waals surface area contributed by atoms with Crippen LogP contribution in [0.5, 0.6) is 0 Å². The van der Waals surface area contributed by atoms with E-state index >= 15 is 0 Å². The van der Waals surface area contributed by atoms with Crippen LogP contribution in [0.4, 0.5) is 0 Å². The third-order valence-corrected chi connectivity index (χ3v) is 5.53. The number of nitrogens with two attached hydrogens (primary N) is 1. The molecule has 1 aliphatic rings. The first-order chi connectivity index (χ1) is 9.50. The van der Waals surface area contributed by atoms with Gasteiger partial charge in [0.2, 0.25) is 0 Å². The molecule has 1 aromatic rings. The van der Waals surface area contributed by atoms with Crippen molar-refractivity contribution in [1.82, 2.24) is 4.90 Å². The lowest BCUT2D eigenvalue weighted by Crippen LogP contribution is -2.43. The van der Waals surface area contributed by atoms with Gasteiger partial charge in [-0.15, -0.1) is 0 Å². The van der Waals surface area contributed by atoms with Crippen LogP contribution in [-0.2, 0) is 0 Å². The topological polar surface area (TPSA) is 29.3 Å². The smallest absolute Gasteiger partial charge is 0.0473 e. The van der Waals surface area contributed by atoms with Gasteiger partial charge in [-0.1, -0.05) is 38.5 Å². The molecule has 1 fully saturated rings. The quantitative estimate of drug-likeness (QED) is 0.904. The molecule has 1 unspecified atom stereocenters. The monoisotopic (exact) mass is 274 g/mol. The van der Waals surface area contributed by atoms with Crippen molar-refractivity contribution in [3.05, 3.63) is 34.9 Å². The lowest BCUT2D eigenvalue weighted by atomic mass is 9.77. The second-order valence-electron chi connectivity index (χ2n) is 6.74. The summed E-state index contributed by atoms with van der Waals surface area (Å²) in [6.07, 6.45) is 3.88. The Balaban J connectivity index is 2.16. The number of likely N-dealkylation sites (tertiary alicyclic amines) is 1. The van der Waals surface area contributed by atoms with Gasteiger partial charge < -0.3 is 5.73 Å². The Morgan fingerprint density at radius 2 is 1.90 bits per heavy atom. The first-order valence-corrected chi connectivity index (χ1v) is 8.01. The largest absolute Gasteiger partial charge is 0.329 e. The maximum Gasteiger partial charge on any atom is 0.0473 e. The van der Waals surface area contributed by atoms with Gasteiger partial charge in [-0.2, -0.15) is 0 Å². The molecule has 1 saturated heterocycles. The van der Waals surface area contributed by atoms with Crippen molar-refractivity contribution < 1.29 is 0 Å². The van der Waals surface area contributed by atoms with E-state index in [1.165, 1.54) is 49.0 Å². The normalized spacial score (nSPS) is 20.9. The second-order valence-corrected chi connectivity index (χ2v) is 6.74. The molecule has 1 aromatic carbocycles. The molecule has 2 heteroatoms. The maximum absolute atomic E-state index is 6.11. The summed E-state index contributed by atoms with van der Waals surface area (Å²) in [6.45, 7) is 12.2. The number of hydrogen-bond acceptors (Lipinski definition) is 2. The Morgan fingerprint density at radius 1 is 1.25 bits per heavy atom. The van der Waals surface area contributed by atoms with Gasteiger partial charge in [0.05, 0.1) is 0 Å². The fourth-order valence-electron chi connectivity index (χ4n) is 3.34. The highest BCUT2D eigenvalue weighted by molar-refractivity contribution is 5.35. The molecule has 0 bridgehead atoms. The Hall–Kier alpha value is -0.860. The second kappa shape index (κ2) is 6.28. The van der Waals surface area contributed by atoms with Gasteiger partial charge in [0, 0.05) is 12.6 Å². The van der Waals surface area contributed by atoms with Crippen LogP contribution in [0, 0.1) is 19.3 Å². The van der Waals surface area contributed by atoms with E-state index in [1.807, 2.05) is 0 Å². The Bertz CT molecular complexity index is 445. The number of piperidine rings is 1. The molecule has 1 atom stereocenters. The number of rotatable bonds is 4. The van der Waals surface area contributed by atoms with Gasteiger partial charge in [-0.05, 0) is 61.9 Å². The van der Waals surface area contributed by atoms with Crippen molar-refractivity contribution >= 4 is 0 Å². The molecular weight excluding hydrogens is 244 g/mol. The zero-order chi connectivity index (χ0) is 14.8. The molecule has 2 nitrogen and oxygen atoms in total.